The zero-order valence-corrected chi connectivity index (χ0v) is 41.2. The van der Waals surface area contributed by atoms with Gasteiger partial charge in [-0.05, 0) is 40.6 Å². The Labute approximate surface area is 374 Å². The van der Waals surface area contributed by atoms with Crippen LogP contribution < -0.4 is 24.8 Å². The van der Waals surface area contributed by atoms with Gasteiger partial charge in [0.25, 0.3) is 0 Å². The van der Waals surface area contributed by atoms with Crippen LogP contribution >= 0.6 is 0 Å². The summed E-state index contributed by atoms with van der Waals surface area (Å²) in [5, 5.41) is 0. The predicted molar refractivity (Wildman–Crippen MR) is 235 cm³/mol. The van der Waals surface area contributed by atoms with Crippen LogP contribution in [0.4, 0.5) is 0 Å². The van der Waals surface area contributed by atoms with Gasteiger partial charge in [0.1, 0.15) is 0 Å². The molecule has 4 aliphatic rings. The van der Waals surface area contributed by atoms with E-state index in [0.29, 0.717) is 11.3 Å². The molecule has 0 heterocycles. The van der Waals surface area contributed by atoms with Gasteiger partial charge in [-0.15, -0.1) is 6.92 Å². The Morgan fingerprint density at radius 3 is 1.81 bits per heavy atom. The van der Waals surface area contributed by atoms with Crippen molar-refractivity contribution in [2.75, 3.05) is 0 Å². The Balaban J connectivity index is 0.000000217. The number of hydrogen-bond acceptors (Lipinski definition) is 0. The van der Waals surface area contributed by atoms with Crippen LogP contribution in [0, 0.1) is 54.3 Å². The number of allylic oxidation sites excluding steroid dienone is 6. The average molecular weight is 877 g/mol. The van der Waals surface area contributed by atoms with E-state index in [1.54, 1.807) is 28.2 Å². The summed E-state index contributed by atoms with van der Waals surface area (Å²) in [5.41, 5.74) is 18.7. The van der Waals surface area contributed by atoms with E-state index in [9.17, 15) is 0 Å². The van der Waals surface area contributed by atoms with Crippen LogP contribution in [0.15, 0.2) is 120 Å². The quantitative estimate of drug-likeness (QED) is 0.178. The largest absolute Gasteiger partial charge is 1.00 e. The first kappa shape index (κ1) is 47.1. The van der Waals surface area contributed by atoms with Crippen molar-refractivity contribution >= 4 is 8.78 Å². The molecule has 57 heavy (non-hydrogen) atoms. The van der Waals surface area contributed by atoms with Crippen molar-refractivity contribution in [3.8, 4) is 0 Å². The van der Waals surface area contributed by atoms with Gasteiger partial charge in [0.15, 0.2) is 0 Å². The van der Waals surface area contributed by atoms with E-state index in [1.165, 1.54) is 84.8 Å². The SMILES string of the molecule is C[C-]1C2=C3Cc4ccccc4C3=C3C=CCCC3C2(C)C(C)(C)C(C)(C)C1(C)C.Cc1cc(C(C)(C)C)c[cH-]1.Cc1ccc([C](=[Zr+2])c2ccc(C)cc2)cc1.[Cl-].[Cl-]. The Morgan fingerprint density at radius 2 is 1.32 bits per heavy atom. The molecular weight excluding hydrogens is 811 g/mol. The van der Waals surface area contributed by atoms with Gasteiger partial charge in [-0.2, -0.15) is 34.4 Å². The van der Waals surface area contributed by atoms with Gasteiger partial charge < -0.3 is 24.8 Å². The topological polar surface area (TPSA) is 0 Å². The summed E-state index contributed by atoms with van der Waals surface area (Å²) in [5.74, 6) is 2.24. The number of halogens is 2. The van der Waals surface area contributed by atoms with Crippen molar-refractivity contribution in [2.45, 2.75) is 122 Å². The summed E-state index contributed by atoms with van der Waals surface area (Å²) in [6, 6.07) is 33.3. The van der Waals surface area contributed by atoms with Gasteiger partial charge in [-0.1, -0.05) is 147 Å². The first-order valence-electron chi connectivity index (χ1n) is 20.7. The fourth-order valence-electron chi connectivity index (χ4n) is 10.2. The van der Waals surface area contributed by atoms with E-state index in [4.69, 9.17) is 0 Å². The molecule has 1 fully saturated rings. The van der Waals surface area contributed by atoms with Gasteiger partial charge in [0, 0.05) is 0 Å². The second kappa shape index (κ2) is 17.2. The Bertz CT molecular complexity index is 2110. The molecule has 0 spiro atoms. The number of benzene rings is 3. The van der Waals surface area contributed by atoms with E-state index in [2.05, 4.69) is 200 Å². The Kier molecular flexibility index (Phi) is 14.2. The maximum absolute atomic E-state index is 2.62. The normalized spacial score (nSPS) is 21.9. The van der Waals surface area contributed by atoms with Crippen molar-refractivity contribution in [1.29, 1.82) is 0 Å². The maximum atomic E-state index is 2.62. The molecule has 8 rings (SSSR count). The van der Waals surface area contributed by atoms with Crippen molar-refractivity contribution in [1.82, 2.24) is 0 Å². The molecule has 0 saturated heterocycles. The molecular formula is C54H66Cl2Zr-2. The Hall–Kier alpha value is -2.57. The summed E-state index contributed by atoms with van der Waals surface area (Å²) in [6.45, 7) is 33.4. The van der Waals surface area contributed by atoms with E-state index >= 15 is 0 Å². The third-order valence-electron chi connectivity index (χ3n) is 15.2. The summed E-state index contributed by atoms with van der Waals surface area (Å²) in [7, 11) is 0. The molecule has 302 valence electrons. The van der Waals surface area contributed by atoms with Crippen LogP contribution in [0.3, 0.4) is 0 Å². The van der Waals surface area contributed by atoms with E-state index in [1.807, 2.05) is 0 Å². The summed E-state index contributed by atoms with van der Waals surface area (Å²) < 4.78 is 1.42. The molecule has 0 amide bonds. The standard InChI is InChI=1S/C29H37.C15H14.C10H15.2ClH.Zr/c1-18-25-22-17-19-13-9-10-14-20(19)24(22)21-15-11-12-16-23(21)29(25,8)28(6,7)27(4,5)26(18,2)3;1-12-3-7-14(8-4-12)11-15-9-5-13(2)6-10-15;1-8-5-6-9(7-8)10(2,3)4;;;/h9-11,13-15,23H,12,16-17H2,1-8H3;3-10H,1-2H3;5-7H,1-4H3;2*1H;/q-1;;-1;;;+2/p-2. The molecule has 2 unspecified atom stereocenters. The monoisotopic (exact) mass is 874 g/mol. The zero-order valence-electron chi connectivity index (χ0n) is 37.3. The van der Waals surface area contributed by atoms with Gasteiger partial charge in [-0.25, -0.2) is 12.0 Å². The van der Waals surface area contributed by atoms with Crippen molar-refractivity contribution in [3.63, 3.8) is 0 Å². The molecule has 2 atom stereocenters. The smallest absolute Gasteiger partial charge is 1.00 e. The second-order valence-corrected chi connectivity index (χ2v) is 21.0. The van der Waals surface area contributed by atoms with Crippen molar-refractivity contribution < 1.29 is 49.0 Å². The van der Waals surface area contributed by atoms with Crippen molar-refractivity contribution in [3.05, 3.63) is 170 Å². The molecule has 0 aliphatic heterocycles. The number of rotatable bonds is 2. The van der Waals surface area contributed by atoms with E-state index in [-0.39, 0.29) is 46.5 Å². The molecule has 0 N–H and O–H groups in total. The third kappa shape index (κ3) is 8.18. The molecule has 0 nitrogen and oxygen atoms in total. The minimum Gasteiger partial charge on any atom is -1.00 e. The van der Waals surface area contributed by atoms with E-state index < -0.39 is 0 Å². The third-order valence-corrected chi connectivity index (χ3v) is 16.7. The van der Waals surface area contributed by atoms with Crippen LogP contribution in [0.5, 0.6) is 0 Å². The average Bonchev–Trinajstić information content (AvgIpc) is 3.76. The molecule has 4 aliphatic carbocycles. The molecule has 4 aromatic rings. The van der Waals surface area contributed by atoms with Crippen molar-refractivity contribution in [2.24, 2.45) is 27.6 Å². The molecule has 0 radical (unpaired) electrons. The fraction of sp³-hybridized carbons (Fsp3) is 0.426. The molecule has 0 aromatic heterocycles. The summed E-state index contributed by atoms with van der Waals surface area (Å²) in [6.07, 6.45) is 8.50. The van der Waals surface area contributed by atoms with Crippen LogP contribution in [0.2, 0.25) is 0 Å². The van der Waals surface area contributed by atoms with Crippen LogP contribution in [0.25, 0.3) is 5.57 Å². The second-order valence-electron chi connectivity index (χ2n) is 19.8. The van der Waals surface area contributed by atoms with Gasteiger partial charge in [-0.3, -0.25) is 0 Å². The van der Waals surface area contributed by atoms with Crippen LogP contribution in [-0.2, 0) is 36.1 Å². The number of aryl methyl sites for hydroxylation is 3. The minimum atomic E-state index is 0. The first-order chi connectivity index (χ1) is 25.6. The predicted octanol–water partition coefficient (Wildman–Crippen LogP) is 8.40. The first-order valence-corrected chi connectivity index (χ1v) is 21.9. The van der Waals surface area contributed by atoms with Gasteiger partial charge in [0.2, 0.25) is 0 Å². The van der Waals surface area contributed by atoms with Crippen LogP contribution in [-0.4, -0.2) is 3.21 Å². The molecule has 0 bridgehead atoms. The van der Waals surface area contributed by atoms with Gasteiger partial charge >= 0.3 is 112 Å². The maximum Gasteiger partial charge on any atom is -1.00 e. The zero-order chi connectivity index (χ0) is 40.3. The summed E-state index contributed by atoms with van der Waals surface area (Å²) >= 11 is 1.46. The number of fused-ring (bicyclic) bond motifs is 6. The fourth-order valence-corrected chi connectivity index (χ4v) is 11.0. The molecule has 3 heteroatoms. The van der Waals surface area contributed by atoms with Crippen LogP contribution in [0.1, 0.15) is 134 Å². The van der Waals surface area contributed by atoms with Gasteiger partial charge in [0.05, 0.1) is 0 Å². The Morgan fingerprint density at radius 1 is 0.772 bits per heavy atom. The summed E-state index contributed by atoms with van der Waals surface area (Å²) in [4.78, 5) is 0. The molecule has 1 saturated carbocycles. The van der Waals surface area contributed by atoms with E-state index in [0.717, 1.165) is 6.42 Å². The minimum absolute atomic E-state index is 0. The molecule has 4 aromatic carbocycles. The number of hydrogen-bond donors (Lipinski definition) is 0.